The van der Waals surface area contributed by atoms with E-state index in [1.165, 1.54) is 32.1 Å². The summed E-state index contributed by atoms with van der Waals surface area (Å²) in [4.78, 5) is 0. The van der Waals surface area contributed by atoms with Gasteiger partial charge in [-0.05, 0) is 38.3 Å². The van der Waals surface area contributed by atoms with Crippen LogP contribution in [0.25, 0.3) is 11.4 Å². The predicted molar refractivity (Wildman–Crippen MR) is 81.5 cm³/mol. The highest BCUT2D eigenvalue weighted by Crippen LogP contribution is 2.33. The van der Waals surface area contributed by atoms with Gasteiger partial charge in [0, 0.05) is 17.3 Å². The smallest absolute Gasteiger partial charge is 0.164 e. The Kier molecular flexibility index (Phi) is 3.47. The van der Waals surface area contributed by atoms with E-state index < -0.39 is 0 Å². The molecule has 1 aromatic carbocycles. The van der Waals surface area contributed by atoms with Gasteiger partial charge in [-0.1, -0.05) is 31.4 Å². The second-order valence-electron chi connectivity index (χ2n) is 5.80. The van der Waals surface area contributed by atoms with E-state index in [-0.39, 0.29) is 0 Å². The number of nitrogens with two attached hydrogens (primary N) is 1. The number of anilines is 1. The van der Waals surface area contributed by atoms with E-state index in [4.69, 9.17) is 5.73 Å². The molecule has 1 fully saturated rings. The SMILES string of the molecule is Cc1ccc(-c2nnc(C)n2C2CCCCC2)cc1N. The first-order valence-electron chi connectivity index (χ1n) is 7.45. The molecule has 0 amide bonds. The first-order valence-corrected chi connectivity index (χ1v) is 7.45. The van der Waals surface area contributed by atoms with Crippen molar-refractivity contribution in [3.05, 3.63) is 29.6 Å². The fourth-order valence-electron chi connectivity index (χ4n) is 3.12. The number of benzene rings is 1. The van der Waals surface area contributed by atoms with E-state index in [1.807, 2.05) is 19.9 Å². The van der Waals surface area contributed by atoms with Gasteiger partial charge in [-0.25, -0.2) is 0 Å². The van der Waals surface area contributed by atoms with Gasteiger partial charge >= 0.3 is 0 Å². The van der Waals surface area contributed by atoms with Gasteiger partial charge in [0.2, 0.25) is 0 Å². The van der Waals surface area contributed by atoms with E-state index in [9.17, 15) is 0 Å². The molecule has 2 aromatic rings. The summed E-state index contributed by atoms with van der Waals surface area (Å²) in [6, 6.07) is 6.70. The molecule has 0 spiro atoms. The van der Waals surface area contributed by atoms with Crippen molar-refractivity contribution in [3.8, 4) is 11.4 Å². The topological polar surface area (TPSA) is 56.7 Å². The van der Waals surface area contributed by atoms with E-state index in [1.54, 1.807) is 0 Å². The molecule has 0 saturated heterocycles. The second kappa shape index (κ2) is 5.27. The first kappa shape index (κ1) is 13.2. The molecule has 4 nitrogen and oxygen atoms in total. The summed E-state index contributed by atoms with van der Waals surface area (Å²) in [7, 11) is 0. The summed E-state index contributed by atoms with van der Waals surface area (Å²) in [6.07, 6.45) is 6.42. The standard InChI is InChI=1S/C16H22N4/c1-11-8-9-13(10-15(11)17)16-19-18-12(2)20(16)14-6-4-3-5-7-14/h8-10,14H,3-7,17H2,1-2H3. The van der Waals surface area contributed by atoms with Crippen LogP contribution in [0, 0.1) is 13.8 Å². The number of hydrogen-bond acceptors (Lipinski definition) is 3. The molecule has 0 bridgehead atoms. The van der Waals surface area contributed by atoms with Crippen LogP contribution >= 0.6 is 0 Å². The molecule has 1 aliphatic rings. The molecular weight excluding hydrogens is 248 g/mol. The number of nitrogens with zero attached hydrogens (tertiary/aromatic N) is 3. The fourth-order valence-corrected chi connectivity index (χ4v) is 3.12. The van der Waals surface area contributed by atoms with Crippen LogP contribution in [0.15, 0.2) is 18.2 Å². The Balaban J connectivity index is 2.03. The van der Waals surface area contributed by atoms with Crippen LogP contribution in [-0.4, -0.2) is 14.8 Å². The van der Waals surface area contributed by atoms with E-state index >= 15 is 0 Å². The Hall–Kier alpha value is -1.84. The summed E-state index contributed by atoms with van der Waals surface area (Å²) in [5.41, 5.74) is 9.03. The molecule has 0 unspecified atom stereocenters. The zero-order valence-electron chi connectivity index (χ0n) is 12.3. The van der Waals surface area contributed by atoms with Crippen molar-refractivity contribution in [1.29, 1.82) is 0 Å². The summed E-state index contributed by atoms with van der Waals surface area (Å²) in [6.45, 7) is 4.07. The summed E-state index contributed by atoms with van der Waals surface area (Å²) < 4.78 is 2.31. The van der Waals surface area contributed by atoms with E-state index in [2.05, 4.69) is 26.9 Å². The third-order valence-corrected chi connectivity index (χ3v) is 4.34. The Morgan fingerprint density at radius 1 is 1.10 bits per heavy atom. The lowest BCUT2D eigenvalue weighted by Gasteiger charge is -2.25. The minimum Gasteiger partial charge on any atom is -0.398 e. The lowest BCUT2D eigenvalue weighted by molar-refractivity contribution is 0.350. The summed E-state index contributed by atoms with van der Waals surface area (Å²) >= 11 is 0. The highest BCUT2D eigenvalue weighted by atomic mass is 15.3. The molecule has 3 rings (SSSR count). The maximum atomic E-state index is 6.04. The van der Waals surface area contributed by atoms with Crippen LogP contribution < -0.4 is 5.73 Å². The summed E-state index contributed by atoms with van der Waals surface area (Å²) in [5.74, 6) is 1.96. The van der Waals surface area contributed by atoms with E-state index in [0.29, 0.717) is 6.04 Å². The first-order chi connectivity index (χ1) is 9.66. The normalized spacial score (nSPS) is 16.5. The summed E-state index contributed by atoms with van der Waals surface area (Å²) in [5, 5.41) is 8.68. The van der Waals surface area contributed by atoms with Crippen molar-refractivity contribution in [2.75, 3.05) is 5.73 Å². The minimum atomic E-state index is 0.538. The molecule has 4 heteroatoms. The van der Waals surface area contributed by atoms with Crippen molar-refractivity contribution in [3.63, 3.8) is 0 Å². The van der Waals surface area contributed by atoms with Gasteiger partial charge in [-0.3, -0.25) is 0 Å². The molecule has 1 aromatic heterocycles. The number of aromatic nitrogens is 3. The zero-order valence-corrected chi connectivity index (χ0v) is 12.3. The predicted octanol–water partition coefficient (Wildman–Crippen LogP) is 3.65. The van der Waals surface area contributed by atoms with Gasteiger partial charge in [0.05, 0.1) is 0 Å². The van der Waals surface area contributed by atoms with E-state index in [0.717, 1.165) is 28.5 Å². The van der Waals surface area contributed by atoms with Crippen molar-refractivity contribution >= 4 is 5.69 Å². The Bertz CT molecular complexity index is 609. The molecule has 0 atom stereocenters. The van der Waals surface area contributed by atoms with Crippen LogP contribution in [-0.2, 0) is 0 Å². The molecule has 0 radical (unpaired) electrons. The lowest BCUT2D eigenvalue weighted by atomic mass is 9.95. The Morgan fingerprint density at radius 2 is 1.85 bits per heavy atom. The monoisotopic (exact) mass is 270 g/mol. The number of aryl methyl sites for hydroxylation is 2. The number of rotatable bonds is 2. The minimum absolute atomic E-state index is 0.538. The van der Waals surface area contributed by atoms with Crippen LogP contribution in [0.1, 0.15) is 49.5 Å². The van der Waals surface area contributed by atoms with Gasteiger partial charge in [0.25, 0.3) is 0 Å². The third kappa shape index (κ3) is 2.30. The molecule has 20 heavy (non-hydrogen) atoms. The largest absolute Gasteiger partial charge is 0.398 e. The molecule has 106 valence electrons. The maximum Gasteiger partial charge on any atom is 0.164 e. The number of hydrogen-bond donors (Lipinski definition) is 1. The molecule has 1 aliphatic carbocycles. The molecule has 1 saturated carbocycles. The van der Waals surface area contributed by atoms with Crippen LogP contribution in [0.2, 0.25) is 0 Å². The maximum absolute atomic E-state index is 6.04. The van der Waals surface area contributed by atoms with Gasteiger partial charge in [0.15, 0.2) is 5.82 Å². The lowest BCUT2D eigenvalue weighted by Crippen LogP contribution is -2.15. The van der Waals surface area contributed by atoms with Gasteiger partial charge in [-0.2, -0.15) is 0 Å². The third-order valence-electron chi connectivity index (χ3n) is 4.34. The Labute approximate surface area is 120 Å². The second-order valence-corrected chi connectivity index (χ2v) is 5.80. The molecule has 0 aliphatic heterocycles. The highest BCUT2D eigenvalue weighted by molar-refractivity contribution is 5.64. The van der Waals surface area contributed by atoms with Crippen molar-refractivity contribution in [1.82, 2.24) is 14.8 Å². The van der Waals surface area contributed by atoms with Crippen molar-refractivity contribution in [2.24, 2.45) is 0 Å². The van der Waals surface area contributed by atoms with Crippen LogP contribution in [0.3, 0.4) is 0 Å². The van der Waals surface area contributed by atoms with Crippen LogP contribution in [0.4, 0.5) is 5.69 Å². The average molecular weight is 270 g/mol. The zero-order chi connectivity index (χ0) is 14.1. The molecular formula is C16H22N4. The highest BCUT2D eigenvalue weighted by Gasteiger charge is 2.21. The average Bonchev–Trinajstić information content (AvgIpc) is 2.85. The van der Waals surface area contributed by atoms with Crippen molar-refractivity contribution in [2.45, 2.75) is 52.0 Å². The van der Waals surface area contributed by atoms with Crippen molar-refractivity contribution < 1.29 is 0 Å². The quantitative estimate of drug-likeness (QED) is 0.847. The van der Waals surface area contributed by atoms with Gasteiger partial charge in [0.1, 0.15) is 5.82 Å². The van der Waals surface area contributed by atoms with Gasteiger partial charge < -0.3 is 10.3 Å². The molecule has 1 heterocycles. The fraction of sp³-hybridized carbons (Fsp3) is 0.500. The Morgan fingerprint density at radius 3 is 2.55 bits per heavy atom. The van der Waals surface area contributed by atoms with Crippen LogP contribution in [0.5, 0.6) is 0 Å². The molecule has 2 N–H and O–H groups in total. The van der Waals surface area contributed by atoms with Gasteiger partial charge in [-0.15, -0.1) is 10.2 Å². The number of nitrogen functional groups attached to an aromatic ring is 1.